The van der Waals surface area contributed by atoms with Gasteiger partial charge in [0.15, 0.2) is 12.6 Å². The van der Waals surface area contributed by atoms with Gasteiger partial charge in [-0.2, -0.15) is 0 Å². The van der Waals surface area contributed by atoms with Crippen LogP contribution >= 0.6 is 0 Å². The fourth-order valence-corrected chi connectivity index (χ4v) is 5.06. The van der Waals surface area contributed by atoms with Crippen molar-refractivity contribution in [1.82, 2.24) is 0 Å². The molecule has 2 rings (SSSR count). The van der Waals surface area contributed by atoms with Gasteiger partial charge in [0.1, 0.15) is 48.8 Å². The maximum absolute atomic E-state index is 10.6. The summed E-state index contributed by atoms with van der Waals surface area (Å²) in [6.45, 7) is 1.95. The van der Waals surface area contributed by atoms with Gasteiger partial charge >= 0.3 is 0 Å². The summed E-state index contributed by atoms with van der Waals surface area (Å²) < 4.78 is 27.5. The number of aliphatic hydroxyl groups excluding tert-OH is 7. The summed E-state index contributed by atoms with van der Waals surface area (Å²) in [4.78, 5) is 0. The molecule has 0 radical (unpaired) electrons. The first-order valence-electron chi connectivity index (χ1n) is 15.1. The average Bonchev–Trinajstić information content (AvgIpc) is 2.96. The molecule has 12 heteroatoms. The van der Waals surface area contributed by atoms with E-state index in [4.69, 9.17) is 23.7 Å². The highest BCUT2D eigenvalue weighted by Gasteiger charge is 2.50. The smallest absolute Gasteiger partial charge is 0.187 e. The van der Waals surface area contributed by atoms with Crippen LogP contribution in [0.2, 0.25) is 0 Å². The first-order chi connectivity index (χ1) is 19.3. The largest absolute Gasteiger partial charge is 0.394 e. The van der Waals surface area contributed by atoms with Crippen molar-refractivity contribution in [2.45, 2.75) is 145 Å². The molecule has 2 aliphatic rings. The zero-order valence-corrected chi connectivity index (χ0v) is 24.0. The van der Waals surface area contributed by atoms with Gasteiger partial charge in [-0.15, -0.1) is 0 Å². The fraction of sp³-hybridized carbons (Fsp3) is 1.00. The van der Waals surface area contributed by atoms with Crippen molar-refractivity contribution in [3.8, 4) is 0 Å². The highest BCUT2D eigenvalue weighted by atomic mass is 16.7. The van der Waals surface area contributed by atoms with E-state index in [0.717, 1.165) is 12.8 Å². The number of ether oxygens (including phenoxy) is 5. The molecule has 0 amide bonds. The summed E-state index contributed by atoms with van der Waals surface area (Å²) in [6, 6.07) is 0. The Morgan fingerprint density at radius 2 is 1.05 bits per heavy atom. The second kappa shape index (κ2) is 20.4. The van der Waals surface area contributed by atoms with Crippen LogP contribution in [0.3, 0.4) is 0 Å². The minimum atomic E-state index is -1.71. The monoisotopic (exact) mass is 582 g/mol. The molecule has 2 heterocycles. The summed E-state index contributed by atoms with van der Waals surface area (Å²) in [6.07, 6.45) is 0.562. The molecule has 0 spiro atoms. The molecule has 40 heavy (non-hydrogen) atoms. The summed E-state index contributed by atoms with van der Waals surface area (Å²) in [5.74, 6) is 0. The topological polar surface area (TPSA) is 188 Å². The summed E-state index contributed by atoms with van der Waals surface area (Å²) >= 11 is 0. The molecule has 0 aromatic heterocycles. The van der Waals surface area contributed by atoms with Crippen molar-refractivity contribution in [3.63, 3.8) is 0 Å². The molecule has 0 bridgehead atoms. The van der Waals surface area contributed by atoms with Crippen LogP contribution in [0, 0.1) is 0 Å². The Bertz CT molecular complexity index is 624. The van der Waals surface area contributed by atoms with Crippen LogP contribution in [0.25, 0.3) is 0 Å². The van der Waals surface area contributed by atoms with E-state index in [1.807, 2.05) is 0 Å². The van der Waals surface area contributed by atoms with Gasteiger partial charge in [0.25, 0.3) is 0 Å². The molecular weight excluding hydrogens is 528 g/mol. The number of hydrogen-bond donors (Lipinski definition) is 7. The van der Waals surface area contributed by atoms with Crippen molar-refractivity contribution >= 4 is 0 Å². The lowest BCUT2D eigenvalue weighted by Crippen LogP contribution is -2.64. The van der Waals surface area contributed by atoms with Gasteiger partial charge in [-0.1, -0.05) is 77.6 Å². The van der Waals surface area contributed by atoms with Gasteiger partial charge in [0.05, 0.1) is 26.4 Å². The molecule has 2 saturated heterocycles. The second-order valence-corrected chi connectivity index (χ2v) is 10.9. The molecule has 7 N–H and O–H groups in total. The van der Waals surface area contributed by atoms with Gasteiger partial charge in [-0.3, -0.25) is 0 Å². The van der Waals surface area contributed by atoms with Gasteiger partial charge in [0, 0.05) is 6.61 Å². The molecule has 10 atom stereocenters. The SMILES string of the molecule is CCCCCCCCCCCCCCOCCO[C@@H]1O[C@H](CO)[C@@H](O[C@@H]2O[C@H](CO)[C@H](O)[C@H](O)[C@H]2O)[C@H](O)[C@H]1O. The third kappa shape index (κ3) is 11.7. The van der Waals surface area contributed by atoms with Gasteiger partial charge in [-0.05, 0) is 6.42 Å². The molecule has 12 nitrogen and oxygen atoms in total. The van der Waals surface area contributed by atoms with Crippen LogP contribution < -0.4 is 0 Å². The molecule has 0 unspecified atom stereocenters. The first kappa shape index (κ1) is 35.7. The highest BCUT2D eigenvalue weighted by molar-refractivity contribution is 4.94. The summed E-state index contributed by atoms with van der Waals surface area (Å²) in [5.41, 5.74) is 0. The molecule has 0 aliphatic carbocycles. The molecule has 238 valence electrons. The van der Waals surface area contributed by atoms with E-state index in [2.05, 4.69) is 6.92 Å². The average molecular weight is 583 g/mol. The number of aliphatic hydroxyl groups is 7. The lowest BCUT2D eigenvalue weighted by Gasteiger charge is -2.45. The van der Waals surface area contributed by atoms with Gasteiger partial charge < -0.3 is 59.4 Å². The lowest BCUT2D eigenvalue weighted by atomic mass is 9.97. The quantitative estimate of drug-likeness (QED) is 0.0922. The van der Waals surface area contributed by atoms with Gasteiger partial charge in [0.2, 0.25) is 0 Å². The Hall–Kier alpha value is -0.480. The Morgan fingerprint density at radius 1 is 0.525 bits per heavy atom. The third-order valence-corrected chi connectivity index (χ3v) is 7.61. The van der Waals surface area contributed by atoms with Crippen LogP contribution in [0.1, 0.15) is 84.0 Å². The molecular formula is C28H54O12. The molecule has 2 fully saturated rings. The van der Waals surface area contributed by atoms with Crippen molar-refractivity contribution in [3.05, 3.63) is 0 Å². The van der Waals surface area contributed by atoms with E-state index in [1.165, 1.54) is 64.2 Å². The summed E-state index contributed by atoms with van der Waals surface area (Å²) in [5, 5.41) is 70.3. The summed E-state index contributed by atoms with van der Waals surface area (Å²) in [7, 11) is 0. The minimum Gasteiger partial charge on any atom is -0.394 e. The standard InChI is InChI=1S/C28H54O12/c1-2-3-4-5-6-7-8-9-10-11-12-13-14-36-15-16-37-27-25(35)23(33)26(20(18-30)39-27)40-28-24(34)22(32)21(31)19(17-29)38-28/h19-35H,2-18H2,1H3/t19-,20-,21+,22+,23-,24-,25-,26-,27-,28+/m1/s1. The molecule has 0 aromatic carbocycles. The van der Waals surface area contributed by atoms with E-state index < -0.39 is 74.6 Å². The van der Waals surface area contributed by atoms with Crippen molar-refractivity contribution in [2.75, 3.05) is 33.0 Å². The Kier molecular flexibility index (Phi) is 18.2. The van der Waals surface area contributed by atoms with Crippen LogP contribution in [0.4, 0.5) is 0 Å². The van der Waals surface area contributed by atoms with E-state index in [0.29, 0.717) is 6.61 Å². The number of unbranched alkanes of at least 4 members (excludes halogenated alkanes) is 11. The van der Waals surface area contributed by atoms with Crippen LogP contribution in [0.5, 0.6) is 0 Å². The maximum atomic E-state index is 10.6. The predicted molar refractivity (Wildman–Crippen MR) is 144 cm³/mol. The van der Waals surface area contributed by atoms with Crippen LogP contribution in [0.15, 0.2) is 0 Å². The Balaban J connectivity index is 1.59. The Labute approximate surface area is 238 Å². The Morgan fingerprint density at radius 3 is 1.62 bits per heavy atom. The minimum absolute atomic E-state index is 0.100. The number of hydrogen-bond acceptors (Lipinski definition) is 12. The van der Waals surface area contributed by atoms with Gasteiger partial charge in [-0.25, -0.2) is 0 Å². The molecule has 2 aliphatic heterocycles. The van der Waals surface area contributed by atoms with E-state index in [1.54, 1.807) is 0 Å². The zero-order chi connectivity index (χ0) is 29.3. The van der Waals surface area contributed by atoms with Crippen molar-refractivity contribution in [2.24, 2.45) is 0 Å². The molecule has 0 aromatic rings. The maximum Gasteiger partial charge on any atom is 0.187 e. The number of rotatable bonds is 21. The predicted octanol–water partition coefficient (Wildman–Crippen LogP) is 0.345. The zero-order valence-electron chi connectivity index (χ0n) is 24.0. The highest BCUT2D eigenvalue weighted by Crippen LogP contribution is 2.29. The first-order valence-corrected chi connectivity index (χ1v) is 15.1. The third-order valence-electron chi connectivity index (χ3n) is 7.61. The lowest BCUT2D eigenvalue weighted by molar-refractivity contribution is -0.359. The molecule has 0 saturated carbocycles. The fourth-order valence-electron chi connectivity index (χ4n) is 5.06. The van der Waals surface area contributed by atoms with Crippen molar-refractivity contribution < 1.29 is 59.4 Å². The van der Waals surface area contributed by atoms with Crippen LogP contribution in [-0.4, -0.2) is 130 Å². The van der Waals surface area contributed by atoms with E-state index in [-0.39, 0.29) is 13.2 Å². The van der Waals surface area contributed by atoms with Crippen LogP contribution in [-0.2, 0) is 23.7 Å². The second-order valence-electron chi connectivity index (χ2n) is 10.9. The van der Waals surface area contributed by atoms with E-state index in [9.17, 15) is 35.7 Å². The van der Waals surface area contributed by atoms with E-state index >= 15 is 0 Å². The normalized spacial score (nSPS) is 34.8. The van der Waals surface area contributed by atoms with Crippen molar-refractivity contribution in [1.29, 1.82) is 0 Å².